The second-order valence-electron chi connectivity index (χ2n) is 3.98. The highest BCUT2D eigenvalue weighted by molar-refractivity contribution is 7.89. The maximum absolute atomic E-state index is 12.5. The van der Waals surface area contributed by atoms with Gasteiger partial charge in [0.25, 0.3) is 0 Å². The van der Waals surface area contributed by atoms with E-state index < -0.39 is 21.7 Å². The van der Waals surface area contributed by atoms with Crippen LogP contribution in [0.4, 0.5) is 0 Å². The van der Waals surface area contributed by atoms with E-state index in [-0.39, 0.29) is 30.3 Å². The largest absolute Gasteiger partial charge is 0.476 e. The molecule has 20 heavy (non-hydrogen) atoms. The predicted octanol–water partition coefficient (Wildman–Crippen LogP) is 0.239. The van der Waals surface area contributed by atoms with Crippen LogP contribution < -0.4 is 0 Å². The summed E-state index contributed by atoms with van der Waals surface area (Å²) in [4.78, 5) is 10.7. The van der Waals surface area contributed by atoms with E-state index in [0.717, 1.165) is 4.31 Å². The summed E-state index contributed by atoms with van der Waals surface area (Å²) in [7, 11) is -2.54. The van der Waals surface area contributed by atoms with Gasteiger partial charge in [0.15, 0.2) is 5.69 Å². The number of hydrogen-bond donors (Lipinski definition) is 2. The normalized spacial score (nSPS) is 11.8. The van der Waals surface area contributed by atoms with Crippen molar-refractivity contribution in [2.75, 3.05) is 26.8 Å². The fraction of sp³-hybridized carbons (Fsp3) is 0.455. The number of aromatic amines is 1. The van der Waals surface area contributed by atoms with Crippen molar-refractivity contribution in [3.05, 3.63) is 24.0 Å². The number of aryl methyl sites for hydroxylation is 1. The van der Waals surface area contributed by atoms with E-state index in [1.165, 1.54) is 20.1 Å². The van der Waals surface area contributed by atoms with E-state index in [0.29, 0.717) is 0 Å². The number of H-pyrrole nitrogens is 1. The third-order valence-corrected chi connectivity index (χ3v) is 4.60. The van der Waals surface area contributed by atoms with Crippen molar-refractivity contribution < 1.29 is 23.1 Å². The quantitative estimate of drug-likeness (QED) is 0.665. The molecule has 0 saturated carbocycles. The molecule has 0 unspecified atom stereocenters. The highest BCUT2D eigenvalue weighted by Crippen LogP contribution is 2.22. The molecule has 0 atom stereocenters. The molecule has 0 radical (unpaired) electrons. The van der Waals surface area contributed by atoms with E-state index in [4.69, 9.17) is 9.84 Å². The molecule has 0 amide bonds. The van der Waals surface area contributed by atoms with Crippen molar-refractivity contribution in [2.45, 2.75) is 11.8 Å². The second-order valence-corrected chi connectivity index (χ2v) is 5.85. The van der Waals surface area contributed by atoms with Gasteiger partial charge in [0.05, 0.1) is 12.3 Å². The highest BCUT2D eigenvalue weighted by atomic mass is 32.2. The van der Waals surface area contributed by atoms with Crippen LogP contribution in [0.2, 0.25) is 0 Å². The topological polar surface area (TPSA) is 113 Å². The second kappa shape index (κ2) is 6.64. The van der Waals surface area contributed by atoms with Crippen LogP contribution in [0.5, 0.6) is 0 Å². The van der Waals surface area contributed by atoms with Gasteiger partial charge in [-0.2, -0.15) is 9.40 Å². The molecule has 0 spiro atoms. The monoisotopic (exact) mass is 303 g/mol. The lowest BCUT2D eigenvalue weighted by atomic mass is 10.4. The Hall–Kier alpha value is -1.71. The summed E-state index contributed by atoms with van der Waals surface area (Å²) in [5, 5.41) is 14.9. The van der Waals surface area contributed by atoms with E-state index in [1.807, 2.05) is 0 Å². The number of rotatable bonds is 8. The van der Waals surface area contributed by atoms with Crippen LogP contribution in [0.15, 0.2) is 17.6 Å². The van der Waals surface area contributed by atoms with Gasteiger partial charge < -0.3 is 9.84 Å². The summed E-state index contributed by atoms with van der Waals surface area (Å²) in [5.74, 6) is -1.40. The first-order valence-corrected chi connectivity index (χ1v) is 7.18. The summed E-state index contributed by atoms with van der Waals surface area (Å²) in [5.41, 5.74) is -0.345. The number of aromatic nitrogens is 2. The number of methoxy groups -OCH3 is 1. The standard InChI is InChI=1S/C11H17N3O5S/c1-4-5-14(6-7-19-3)20(17,18)10-8(2)12-13-9(10)11(15)16/h4H,1,5-7H2,2-3H3,(H,12,13)(H,15,16). The minimum atomic E-state index is -3.99. The molecule has 0 aromatic carbocycles. The molecule has 0 aliphatic heterocycles. The first kappa shape index (κ1) is 16.3. The molecule has 1 heterocycles. The lowest BCUT2D eigenvalue weighted by molar-refractivity contribution is 0.0686. The molecule has 2 N–H and O–H groups in total. The molecule has 0 aliphatic carbocycles. The number of hydrogen-bond acceptors (Lipinski definition) is 5. The number of carbonyl (C=O) groups is 1. The molecular formula is C11H17N3O5S. The van der Waals surface area contributed by atoms with Crippen LogP contribution in [0.1, 0.15) is 16.2 Å². The van der Waals surface area contributed by atoms with E-state index >= 15 is 0 Å². The summed E-state index contributed by atoms with van der Waals surface area (Å²) < 4.78 is 31.0. The Morgan fingerprint density at radius 1 is 1.60 bits per heavy atom. The van der Waals surface area contributed by atoms with Crippen molar-refractivity contribution in [3.8, 4) is 0 Å². The number of carboxylic acids is 1. The van der Waals surface area contributed by atoms with Gasteiger partial charge in [0.1, 0.15) is 4.90 Å². The Kier molecular flexibility index (Phi) is 5.43. The molecule has 0 bridgehead atoms. The van der Waals surface area contributed by atoms with Crippen LogP contribution in [0.3, 0.4) is 0 Å². The lowest BCUT2D eigenvalue weighted by Crippen LogP contribution is -2.35. The average molecular weight is 303 g/mol. The predicted molar refractivity (Wildman–Crippen MR) is 71.1 cm³/mol. The van der Waals surface area contributed by atoms with Gasteiger partial charge >= 0.3 is 5.97 Å². The third kappa shape index (κ3) is 3.24. The van der Waals surface area contributed by atoms with Gasteiger partial charge in [-0.3, -0.25) is 5.10 Å². The molecular weight excluding hydrogens is 286 g/mol. The Bertz CT molecular complexity index is 593. The van der Waals surface area contributed by atoms with Crippen LogP contribution in [-0.2, 0) is 14.8 Å². The molecule has 9 heteroatoms. The van der Waals surface area contributed by atoms with Gasteiger partial charge in [0.2, 0.25) is 10.0 Å². The van der Waals surface area contributed by atoms with Crippen molar-refractivity contribution in [3.63, 3.8) is 0 Å². The van der Waals surface area contributed by atoms with Crippen LogP contribution in [-0.4, -0.2) is 60.8 Å². The maximum Gasteiger partial charge on any atom is 0.357 e. The molecule has 0 fully saturated rings. The van der Waals surface area contributed by atoms with Crippen molar-refractivity contribution in [1.29, 1.82) is 0 Å². The molecule has 1 rings (SSSR count). The van der Waals surface area contributed by atoms with E-state index in [2.05, 4.69) is 16.8 Å². The lowest BCUT2D eigenvalue weighted by Gasteiger charge is -2.20. The van der Waals surface area contributed by atoms with Gasteiger partial charge in [-0.25, -0.2) is 13.2 Å². The number of sulfonamides is 1. The van der Waals surface area contributed by atoms with Gasteiger partial charge in [-0.05, 0) is 6.92 Å². The fourth-order valence-electron chi connectivity index (χ4n) is 1.66. The zero-order valence-corrected chi connectivity index (χ0v) is 12.1. The van der Waals surface area contributed by atoms with Crippen molar-refractivity contribution in [1.82, 2.24) is 14.5 Å². The van der Waals surface area contributed by atoms with Crippen LogP contribution in [0, 0.1) is 6.92 Å². The van der Waals surface area contributed by atoms with Crippen LogP contribution >= 0.6 is 0 Å². The first-order valence-electron chi connectivity index (χ1n) is 5.74. The SMILES string of the molecule is C=CCN(CCOC)S(=O)(=O)c1c(C(=O)O)n[nH]c1C. The van der Waals surface area contributed by atoms with Crippen molar-refractivity contribution >= 4 is 16.0 Å². The van der Waals surface area contributed by atoms with Gasteiger partial charge in [0, 0.05) is 20.2 Å². The number of ether oxygens (including phenoxy) is 1. The Morgan fingerprint density at radius 3 is 2.75 bits per heavy atom. The molecule has 112 valence electrons. The first-order chi connectivity index (χ1) is 9.36. The Morgan fingerprint density at radius 2 is 2.25 bits per heavy atom. The minimum Gasteiger partial charge on any atom is -0.476 e. The highest BCUT2D eigenvalue weighted by Gasteiger charge is 2.32. The molecule has 8 nitrogen and oxygen atoms in total. The summed E-state index contributed by atoms with van der Waals surface area (Å²) in [6.45, 7) is 5.28. The number of aromatic carboxylic acids is 1. The Labute approximate surface area is 117 Å². The van der Waals surface area contributed by atoms with E-state index in [1.54, 1.807) is 0 Å². The zero-order chi connectivity index (χ0) is 15.3. The summed E-state index contributed by atoms with van der Waals surface area (Å²) in [6, 6.07) is 0. The third-order valence-electron chi connectivity index (χ3n) is 2.57. The van der Waals surface area contributed by atoms with Crippen molar-refractivity contribution in [2.24, 2.45) is 0 Å². The van der Waals surface area contributed by atoms with Gasteiger partial charge in [-0.15, -0.1) is 6.58 Å². The number of carboxylic acid groups (broad SMARTS) is 1. The zero-order valence-electron chi connectivity index (χ0n) is 11.3. The molecule has 0 aliphatic rings. The van der Waals surface area contributed by atoms with Gasteiger partial charge in [-0.1, -0.05) is 6.08 Å². The van der Waals surface area contributed by atoms with E-state index in [9.17, 15) is 13.2 Å². The van der Waals surface area contributed by atoms with Crippen LogP contribution in [0.25, 0.3) is 0 Å². The number of nitrogens with zero attached hydrogens (tertiary/aromatic N) is 2. The maximum atomic E-state index is 12.5. The molecule has 0 saturated heterocycles. The number of nitrogens with one attached hydrogen (secondary N) is 1. The molecule has 1 aromatic heterocycles. The smallest absolute Gasteiger partial charge is 0.357 e. The summed E-state index contributed by atoms with van der Waals surface area (Å²) in [6.07, 6.45) is 1.42. The molecule has 1 aromatic rings. The summed E-state index contributed by atoms with van der Waals surface area (Å²) >= 11 is 0. The average Bonchev–Trinajstić information content (AvgIpc) is 2.77. The Balaban J connectivity index is 3.29. The minimum absolute atomic E-state index is 0.0510. The fourth-order valence-corrected chi connectivity index (χ4v) is 3.34.